The minimum Gasteiger partial charge on any atom is -0.394 e. The number of aliphatic hydroxyl groups excluding tert-OH is 2. The van der Waals surface area contributed by atoms with Gasteiger partial charge in [0.05, 0.1) is 12.7 Å². The maximum Gasteiger partial charge on any atom is 0.0774 e. The average molecular weight is 250 g/mol. The van der Waals surface area contributed by atoms with E-state index in [4.69, 9.17) is 5.11 Å². The SMILES string of the molecule is CCc1ccc(C(C)(C)C)cc1CCC(O)CO. The molecule has 0 saturated carbocycles. The Hall–Kier alpha value is -0.860. The Balaban J connectivity index is 2.92. The summed E-state index contributed by atoms with van der Waals surface area (Å²) >= 11 is 0. The molecule has 1 aromatic rings. The largest absolute Gasteiger partial charge is 0.394 e. The first-order valence-electron chi connectivity index (χ1n) is 6.79. The van der Waals surface area contributed by atoms with Crippen molar-refractivity contribution in [1.29, 1.82) is 0 Å². The molecule has 1 unspecified atom stereocenters. The molecule has 1 aromatic carbocycles. The van der Waals surface area contributed by atoms with Gasteiger partial charge in [0, 0.05) is 0 Å². The molecule has 0 aromatic heterocycles. The maximum atomic E-state index is 9.46. The lowest BCUT2D eigenvalue weighted by atomic mass is 9.84. The average Bonchev–Trinajstić information content (AvgIpc) is 2.34. The van der Waals surface area contributed by atoms with Crippen LogP contribution in [0.25, 0.3) is 0 Å². The summed E-state index contributed by atoms with van der Waals surface area (Å²) in [5, 5.41) is 18.3. The predicted molar refractivity (Wildman–Crippen MR) is 75.9 cm³/mol. The second-order valence-corrected chi connectivity index (χ2v) is 5.96. The van der Waals surface area contributed by atoms with Gasteiger partial charge in [-0.1, -0.05) is 45.9 Å². The quantitative estimate of drug-likeness (QED) is 0.843. The number of benzene rings is 1. The van der Waals surface area contributed by atoms with Gasteiger partial charge in [0.15, 0.2) is 0 Å². The third kappa shape index (κ3) is 4.11. The third-order valence-corrected chi connectivity index (χ3v) is 3.41. The van der Waals surface area contributed by atoms with Crippen molar-refractivity contribution in [3.8, 4) is 0 Å². The Kier molecular flexibility index (Phi) is 5.36. The van der Waals surface area contributed by atoms with Crippen LogP contribution in [0.2, 0.25) is 0 Å². The lowest BCUT2D eigenvalue weighted by Crippen LogP contribution is -2.15. The zero-order chi connectivity index (χ0) is 13.8. The summed E-state index contributed by atoms with van der Waals surface area (Å²) in [5.74, 6) is 0. The van der Waals surface area contributed by atoms with Gasteiger partial charge in [-0.2, -0.15) is 0 Å². The zero-order valence-electron chi connectivity index (χ0n) is 12.0. The smallest absolute Gasteiger partial charge is 0.0774 e. The van der Waals surface area contributed by atoms with E-state index in [0.717, 1.165) is 12.8 Å². The molecule has 102 valence electrons. The van der Waals surface area contributed by atoms with E-state index in [2.05, 4.69) is 45.9 Å². The molecule has 18 heavy (non-hydrogen) atoms. The summed E-state index contributed by atoms with van der Waals surface area (Å²) in [6, 6.07) is 6.65. The summed E-state index contributed by atoms with van der Waals surface area (Å²) in [5.41, 5.74) is 4.12. The maximum absolute atomic E-state index is 9.46. The summed E-state index contributed by atoms with van der Waals surface area (Å²) in [7, 11) is 0. The summed E-state index contributed by atoms with van der Waals surface area (Å²) in [6.45, 7) is 8.62. The molecule has 0 bridgehead atoms. The molecule has 0 saturated heterocycles. The Morgan fingerprint density at radius 1 is 1.17 bits per heavy atom. The van der Waals surface area contributed by atoms with Gasteiger partial charge in [-0.05, 0) is 41.4 Å². The fourth-order valence-corrected chi connectivity index (χ4v) is 2.08. The number of hydrogen-bond donors (Lipinski definition) is 2. The number of rotatable bonds is 5. The molecule has 2 nitrogen and oxygen atoms in total. The van der Waals surface area contributed by atoms with Gasteiger partial charge in [0.1, 0.15) is 0 Å². The highest BCUT2D eigenvalue weighted by Crippen LogP contribution is 2.25. The van der Waals surface area contributed by atoms with Gasteiger partial charge in [-0.15, -0.1) is 0 Å². The molecular weight excluding hydrogens is 224 g/mol. The number of aryl methyl sites for hydroxylation is 2. The van der Waals surface area contributed by atoms with E-state index in [1.54, 1.807) is 0 Å². The van der Waals surface area contributed by atoms with Crippen LogP contribution in [0.3, 0.4) is 0 Å². The highest BCUT2D eigenvalue weighted by molar-refractivity contribution is 5.35. The molecule has 0 radical (unpaired) electrons. The van der Waals surface area contributed by atoms with Crippen LogP contribution in [-0.4, -0.2) is 22.9 Å². The Bertz CT molecular complexity index is 377. The minimum atomic E-state index is -0.604. The van der Waals surface area contributed by atoms with Crippen molar-refractivity contribution in [1.82, 2.24) is 0 Å². The van der Waals surface area contributed by atoms with Crippen molar-refractivity contribution in [2.45, 2.75) is 58.5 Å². The standard InChI is InChI=1S/C16H26O2/c1-5-12-6-8-14(16(2,3)4)10-13(12)7-9-15(18)11-17/h6,8,10,15,17-18H,5,7,9,11H2,1-4H3. The molecule has 0 spiro atoms. The van der Waals surface area contributed by atoms with Crippen LogP contribution in [0.15, 0.2) is 18.2 Å². The van der Waals surface area contributed by atoms with Crippen LogP contribution in [0.4, 0.5) is 0 Å². The summed E-state index contributed by atoms with van der Waals surface area (Å²) in [4.78, 5) is 0. The van der Waals surface area contributed by atoms with Gasteiger partial charge < -0.3 is 10.2 Å². The molecule has 1 atom stereocenters. The van der Waals surface area contributed by atoms with Crippen LogP contribution in [-0.2, 0) is 18.3 Å². The molecule has 0 aliphatic heterocycles. The van der Waals surface area contributed by atoms with E-state index < -0.39 is 6.10 Å². The number of hydrogen-bond acceptors (Lipinski definition) is 2. The van der Waals surface area contributed by atoms with Gasteiger partial charge in [-0.25, -0.2) is 0 Å². The summed E-state index contributed by atoms with van der Waals surface area (Å²) in [6.07, 6.45) is 1.86. The predicted octanol–water partition coefficient (Wildman–Crippen LogP) is 2.83. The summed E-state index contributed by atoms with van der Waals surface area (Å²) < 4.78 is 0. The van der Waals surface area contributed by atoms with Crippen molar-refractivity contribution in [2.75, 3.05) is 6.61 Å². The Morgan fingerprint density at radius 2 is 1.83 bits per heavy atom. The van der Waals surface area contributed by atoms with Crippen molar-refractivity contribution >= 4 is 0 Å². The van der Waals surface area contributed by atoms with E-state index in [-0.39, 0.29) is 12.0 Å². The van der Waals surface area contributed by atoms with E-state index in [1.807, 2.05) is 0 Å². The third-order valence-electron chi connectivity index (χ3n) is 3.41. The second-order valence-electron chi connectivity index (χ2n) is 5.96. The molecule has 2 heteroatoms. The first-order chi connectivity index (χ1) is 8.38. The molecule has 0 fully saturated rings. The molecule has 2 N–H and O–H groups in total. The Labute approximate surface area is 111 Å². The van der Waals surface area contributed by atoms with Crippen LogP contribution < -0.4 is 0 Å². The van der Waals surface area contributed by atoms with E-state index in [1.165, 1.54) is 16.7 Å². The fraction of sp³-hybridized carbons (Fsp3) is 0.625. The topological polar surface area (TPSA) is 40.5 Å². The molecular formula is C16H26O2. The van der Waals surface area contributed by atoms with E-state index >= 15 is 0 Å². The fourth-order valence-electron chi connectivity index (χ4n) is 2.08. The van der Waals surface area contributed by atoms with E-state index in [0.29, 0.717) is 6.42 Å². The zero-order valence-corrected chi connectivity index (χ0v) is 12.0. The first-order valence-corrected chi connectivity index (χ1v) is 6.79. The van der Waals surface area contributed by atoms with Gasteiger partial charge in [0.2, 0.25) is 0 Å². The van der Waals surface area contributed by atoms with Crippen molar-refractivity contribution < 1.29 is 10.2 Å². The molecule has 0 heterocycles. The van der Waals surface area contributed by atoms with Gasteiger partial charge in [0.25, 0.3) is 0 Å². The number of aliphatic hydroxyl groups is 2. The van der Waals surface area contributed by atoms with E-state index in [9.17, 15) is 5.11 Å². The van der Waals surface area contributed by atoms with Crippen molar-refractivity contribution in [3.63, 3.8) is 0 Å². The molecule has 0 aliphatic carbocycles. The molecule has 0 amide bonds. The van der Waals surface area contributed by atoms with Crippen molar-refractivity contribution in [2.24, 2.45) is 0 Å². The van der Waals surface area contributed by atoms with Crippen molar-refractivity contribution in [3.05, 3.63) is 34.9 Å². The lowest BCUT2D eigenvalue weighted by Gasteiger charge is -2.21. The van der Waals surface area contributed by atoms with Gasteiger partial charge >= 0.3 is 0 Å². The lowest BCUT2D eigenvalue weighted by molar-refractivity contribution is 0.0885. The molecule has 0 aliphatic rings. The normalized spacial score (nSPS) is 13.7. The molecule has 1 rings (SSSR count). The van der Waals surface area contributed by atoms with Crippen LogP contribution in [0, 0.1) is 0 Å². The van der Waals surface area contributed by atoms with Crippen LogP contribution in [0.5, 0.6) is 0 Å². The second kappa shape index (κ2) is 6.35. The minimum absolute atomic E-state index is 0.149. The first kappa shape index (κ1) is 15.2. The Morgan fingerprint density at radius 3 is 2.33 bits per heavy atom. The highest BCUT2D eigenvalue weighted by atomic mass is 16.3. The highest BCUT2D eigenvalue weighted by Gasteiger charge is 2.15. The monoisotopic (exact) mass is 250 g/mol. The van der Waals surface area contributed by atoms with Crippen LogP contribution in [0.1, 0.15) is 50.8 Å². The van der Waals surface area contributed by atoms with Gasteiger partial charge in [-0.3, -0.25) is 0 Å². The van der Waals surface area contributed by atoms with Crippen LogP contribution >= 0.6 is 0 Å².